The number of carbonyl (C=O) groups excluding carboxylic acids is 2. The van der Waals surface area contributed by atoms with Gasteiger partial charge in [-0.25, -0.2) is 9.37 Å². The molecule has 3 heterocycles. The third kappa shape index (κ3) is 3.38. The van der Waals surface area contributed by atoms with E-state index in [0.717, 1.165) is 10.7 Å². The molecule has 4 rings (SSSR count). The topological polar surface area (TPSA) is 105 Å². The van der Waals surface area contributed by atoms with E-state index < -0.39 is 23.7 Å². The molecule has 2 aromatic heterocycles. The molecule has 0 fully saturated rings. The molecule has 0 aliphatic carbocycles. The van der Waals surface area contributed by atoms with Crippen molar-refractivity contribution in [2.24, 2.45) is 10.8 Å². The van der Waals surface area contributed by atoms with E-state index in [1.807, 2.05) is 22.2 Å². The average molecular weight is 386 g/mol. The van der Waals surface area contributed by atoms with Crippen LogP contribution in [0.3, 0.4) is 0 Å². The SMILES string of the molecule is NC(=O)C1CC(C(=O)NCc2cn3ccsc3n2)=NN1c1ccc(F)cc1. The number of benzene rings is 1. The minimum Gasteiger partial charge on any atom is -0.368 e. The number of hydrogen-bond acceptors (Lipinski definition) is 6. The molecule has 0 bridgehead atoms. The van der Waals surface area contributed by atoms with Gasteiger partial charge in [0.1, 0.15) is 17.6 Å². The first-order chi connectivity index (χ1) is 13.0. The predicted molar refractivity (Wildman–Crippen MR) is 98.8 cm³/mol. The zero-order valence-corrected chi connectivity index (χ0v) is 14.8. The van der Waals surface area contributed by atoms with Crippen molar-refractivity contribution in [3.63, 3.8) is 0 Å². The van der Waals surface area contributed by atoms with Crippen LogP contribution in [0.1, 0.15) is 12.1 Å². The minimum atomic E-state index is -0.797. The van der Waals surface area contributed by atoms with E-state index in [9.17, 15) is 14.0 Å². The molecular formula is C17H15FN6O2S. The van der Waals surface area contributed by atoms with Crippen LogP contribution in [-0.4, -0.2) is 33.0 Å². The molecule has 10 heteroatoms. The Morgan fingerprint density at radius 2 is 2.11 bits per heavy atom. The number of nitrogens with two attached hydrogens (primary N) is 1. The molecule has 1 aliphatic rings. The van der Waals surface area contributed by atoms with Crippen LogP contribution in [0.4, 0.5) is 10.1 Å². The quantitative estimate of drug-likeness (QED) is 0.689. The van der Waals surface area contributed by atoms with Gasteiger partial charge in [0.15, 0.2) is 4.96 Å². The maximum Gasteiger partial charge on any atom is 0.267 e. The van der Waals surface area contributed by atoms with Gasteiger partial charge in [0.25, 0.3) is 5.91 Å². The van der Waals surface area contributed by atoms with Gasteiger partial charge in [0.2, 0.25) is 5.91 Å². The lowest BCUT2D eigenvalue weighted by Crippen LogP contribution is -2.39. The lowest BCUT2D eigenvalue weighted by Gasteiger charge is -2.20. The van der Waals surface area contributed by atoms with Gasteiger partial charge < -0.3 is 11.1 Å². The summed E-state index contributed by atoms with van der Waals surface area (Å²) in [6.07, 6.45) is 3.80. The van der Waals surface area contributed by atoms with Crippen LogP contribution >= 0.6 is 11.3 Å². The van der Waals surface area contributed by atoms with Gasteiger partial charge in [-0.2, -0.15) is 5.10 Å². The van der Waals surface area contributed by atoms with Crippen LogP contribution in [0.25, 0.3) is 4.96 Å². The summed E-state index contributed by atoms with van der Waals surface area (Å²) in [5.74, 6) is -1.42. The van der Waals surface area contributed by atoms with Crippen LogP contribution in [-0.2, 0) is 16.1 Å². The lowest BCUT2D eigenvalue weighted by atomic mass is 10.1. The fraction of sp³-hybridized carbons (Fsp3) is 0.176. The van der Waals surface area contributed by atoms with Crippen molar-refractivity contribution >= 4 is 39.5 Å². The van der Waals surface area contributed by atoms with Gasteiger partial charge in [-0.15, -0.1) is 11.3 Å². The minimum absolute atomic E-state index is 0.0802. The number of fused-ring (bicyclic) bond motifs is 1. The number of amides is 2. The highest BCUT2D eigenvalue weighted by atomic mass is 32.1. The normalized spacial score (nSPS) is 16.6. The number of imidazole rings is 1. The summed E-state index contributed by atoms with van der Waals surface area (Å²) in [5.41, 5.74) is 6.83. The molecular weight excluding hydrogens is 371 g/mol. The number of nitrogens with one attached hydrogen (secondary N) is 1. The Hall–Kier alpha value is -3.27. The Bertz CT molecular complexity index is 1010. The first-order valence-corrected chi connectivity index (χ1v) is 9.00. The van der Waals surface area contributed by atoms with E-state index >= 15 is 0 Å². The summed E-state index contributed by atoms with van der Waals surface area (Å²) in [6, 6.07) is 4.67. The predicted octanol–water partition coefficient (Wildman–Crippen LogP) is 1.27. The van der Waals surface area contributed by atoms with Gasteiger partial charge in [0, 0.05) is 24.2 Å². The summed E-state index contributed by atoms with van der Waals surface area (Å²) >= 11 is 1.50. The number of carbonyl (C=O) groups is 2. The van der Waals surface area contributed by atoms with Crippen molar-refractivity contribution in [2.75, 3.05) is 5.01 Å². The first kappa shape index (κ1) is 17.2. The molecule has 1 unspecified atom stereocenters. The number of primary amides is 1. The number of anilines is 1. The second-order valence-corrected chi connectivity index (χ2v) is 6.87. The van der Waals surface area contributed by atoms with Gasteiger partial charge in [-0.3, -0.25) is 19.0 Å². The number of thiazole rings is 1. The molecule has 0 saturated heterocycles. The van der Waals surface area contributed by atoms with E-state index in [0.29, 0.717) is 5.69 Å². The third-order valence-electron chi connectivity index (χ3n) is 4.17. The number of nitrogens with zero attached hydrogens (tertiary/aromatic N) is 4. The first-order valence-electron chi connectivity index (χ1n) is 8.12. The molecule has 0 spiro atoms. The Morgan fingerprint density at radius 1 is 1.33 bits per heavy atom. The number of aromatic nitrogens is 2. The Labute approximate surface area is 157 Å². The summed E-state index contributed by atoms with van der Waals surface area (Å²) in [4.78, 5) is 29.5. The standard InChI is InChI=1S/C17H15FN6O2S/c18-10-1-3-12(4-2-10)24-14(15(19)25)7-13(22-24)16(26)20-8-11-9-23-5-6-27-17(23)21-11/h1-6,9,14H,7-8H2,(H2,19,25)(H,20,26). The van der Waals surface area contributed by atoms with Crippen molar-refractivity contribution in [3.8, 4) is 0 Å². The van der Waals surface area contributed by atoms with Gasteiger partial charge in [-0.1, -0.05) is 0 Å². The number of halogens is 1. The van der Waals surface area contributed by atoms with E-state index in [1.54, 1.807) is 0 Å². The van der Waals surface area contributed by atoms with E-state index in [-0.39, 0.29) is 18.7 Å². The summed E-state index contributed by atoms with van der Waals surface area (Å²) in [5, 5.41) is 10.3. The average Bonchev–Trinajstić information content (AvgIpc) is 3.34. The monoisotopic (exact) mass is 386 g/mol. The van der Waals surface area contributed by atoms with Gasteiger partial charge >= 0.3 is 0 Å². The molecule has 3 N–H and O–H groups in total. The molecule has 1 aliphatic heterocycles. The second kappa shape index (κ2) is 6.80. The van der Waals surface area contributed by atoms with E-state index in [2.05, 4.69) is 15.4 Å². The van der Waals surface area contributed by atoms with Crippen LogP contribution in [0.5, 0.6) is 0 Å². The molecule has 1 atom stereocenters. The Balaban J connectivity index is 1.48. The maximum atomic E-state index is 13.1. The Morgan fingerprint density at radius 3 is 2.81 bits per heavy atom. The van der Waals surface area contributed by atoms with Crippen LogP contribution in [0.15, 0.2) is 47.1 Å². The zero-order chi connectivity index (χ0) is 19.0. The fourth-order valence-corrected chi connectivity index (χ4v) is 3.55. The lowest BCUT2D eigenvalue weighted by molar-refractivity contribution is -0.119. The van der Waals surface area contributed by atoms with Crippen LogP contribution in [0, 0.1) is 5.82 Å². The largest absolute Gasteiger partial charge is 0.368 e. The van der Waals surface area contributed by atoms with Crippen molar-refractivity contribution in [3.05, 3.63) is 53.6 Å². The number of rotatable bonds is 5. The molecule has 3 aromatic rings. The molecule has 0 radical (unpaired) electrons. The van der Waals surface area contributed by atoms with Crippen molar-refractivity contribution in [1.82, 2.24) is 14.7 Å². The summed E-state index contributed by atoms with van der Waals surface area (Å²) in [7, 11) is 0. The van der Waals surface area contributed by atoms with Crippen molar-refractivity contribution in [2.45, 2.75) is 19.0 Å². The van der Waals surface area contributed by atoms with Crippen molar-refractivity contribution in [1.29, 1.82) is 0 Å². The maximum absolute atomic E-state index is 13.1. The molecule has 138 valence electrons. The van der Waals surface area contributed by atoms with E-state index in [4.69, 9.17) is 5.73 Å². The van der Waals surface area contributed by atoms with Crippen molar-refractivity contribution < 1.29 is 14.0 Å². The van der Waals surface area contributed by atoms with Gasteiger partial charge in [0.05, 0.1) is 17.9 Å². The highest BCUT2D eigenvalue weighted by Crippen LogP contribution is 2.25. The summed E-state index contributed by atoms with van der Waals surface area (Å²) < 4.78 is 15.0. The highest BCUT2D eigenvalue weighted by molar-refractivity contribution is 7.15. The molecule has 0 saturated carbocycles. The molecule has 2 amide bonds. The molecule has 8 nitrogen and oxygen atoms in total. The Kier molecular flexibility index (Phi) is 4.32. The highest BCUT2D eigenvalue weighted by Gasteiger charge is 2.34. The molecule has 27 heavy (non-hydrogen) atoms. The van der Waals surface area contributed by atoms with Crippen LogP contribution in [0.2, 0.25) is 0 Å². The zero-order valence-electron chi connectivity index (χ0n) is 14.0. The summed E-state index contributed by atoms with van der Waals surface area (Å²) in [6.45, 7) is 0.240. The number of hydrazone groups is 1. The van der Waals surface area contributed by atoms with E-state index in [1.165, 1.54) is 40.6 Å². The smallest absolute Gasteiger partial charge is 0.267 e. The van der Waals surface area contributed by atoms with Crippen LogP contribution < -0.4 is 16.1 Å². The third-order valence-corrected chi connectivity index (χ3v) is 4.94. The molecule has 1 aromatic carbocycles. The fourth-order valence-electron chi connectivity index (χ4n) is 2.84. The van der Waals surface area contributed by atoms with Gasteiger partial charge in [-0.05, 0) is 24.3 Å². The second-order valence-electron chi connectivity index (χ2n) is 6.00. The number of hydrogen-bond donors (Lipinski definition) is 2.